The van der Waals surface area contributed by atoms with Gasteiger partial charge in [-0.15, -0.1) is 5.10 Å². The van der Waals surface area contributed by atoms with E-state index in [0.29, 0.717) is 11.6 Å². The summed E-state index contributed by atoms with van der Waals surface area (Å²) in [6.07, 6.45) is 1.04. The van der Waals surface area contributed by atoms with Crippen LogP contribution < -0.4 is 4.90 Å². The molecule has 0 aliphatic carbocycles. The topological polar surface area (TPSA) is 46.3 Å². The molecular formula is C22H21N5. The number of rotatable bonds is 2. The van der Waals surface area contributed by atoms with E-state index in [-0.39, 0.29) is 0 Å². The number of nitrogens with zero attached hydrogens (tertiary/aromatic N) is 5. The van der Waals surface area contributed by atoms with E-state index in [9.17, 15) is 0 Å². The van der Waals surface area contributed by atoms with Crippen molar-refractivity contribution in [1.29, 1.82) is 0 Å². The van der Waals surface area contributed by atoms with Gasteiger partial charge in [0.1, 0.15) is 5.82 Å². The van der Waals surface area contributed by atoms with Gasteiger partial charge in [0.2, 0.25) is 0 Å². The molecule has 1 aliphatic heterocycles. The fourth-order valence-corrected chi connectivity index (χ4v) is 3.71. The summed E-state index contributed by atoms with van der Waals surface area (Å²) in [6.45, 7) is 5.95. The number of aromatic nitrogens is 4. The zero-order valence-electron chi connectivity index (χ0n) is 15.6. The van der Waals surface area contributed by atoms with Crippen LogP contribution in [0.2, 0.25) is 0 Å². The van der Waals surface area contributed by atoms with Crippen LogP contribution in [-0.2, 0) is 13.0 Å². The number of fused-ring (bicyclic) bond motifs is 2. The highest BCUT2D eigenvalue weighted by Crippen LogP contribution is 2.26. The molecule has 3 heterocycles. The smallest absolute Gasteiger partial charge is 0.254 e. The van der Waals surface area contributed by atoms with Crippen molar-refractivity contribution in [3.8, 4) is 11.4 Å². The van der Waals surface area contributed by atoms with Crippen LogP contribution in [0.3, 0.4) is 0 Å². The minimum absolute atomic E-state index is 0.652. The second kappa shape index (κ2) is 6.20. The predicted molar refractivity (Wildman–Crippen MR) is 107 cm³/mol. The van der Waals surface area contributed by atoms with Crippen molar-refractivity contribution in [3.63, 3.8) is 0 Å². The van der Waals surface area contributed by atoms with Gasteiger partial charge in [0.15, 0.2) is 5.82 Å². The Labute approximate surface area is 158 Å². The highest BCUT2D eigenvalue weighted by atomic mass is 15.4. The third kappa shape index (κ3) is 2.85. The summed E-state index contributed by atoms with van der Waals surface area (Å²) in [5, 5.41) is 4.79. The maximum absolute atomic E-state index is 4.79. The Bertz CT molecular complexity index is 1130. The summed E-state index contributed by atoms with van der Waals surface area (Å²) in [4.78, 5) is 11.7. The molecular weight excluding hydrogens is 334 g/mol. The lowest BCUT2D eigenvalue weighted by Crippen LogP contribution is -2.32. The zero-order chi connectivity index (χ0) is 18.4. The van der Waals surface area contributed by atoms with Crippen molar-refractivity contribution in [3.05, 3.63) is 77.0 Å². The molecule has 0 bridgehead atoms. The van der Waals surface area contributed by atoms with Gasteiger partial charge in [-0.1, -0.05) is 54.1 Å². The first-order valence-corrected chi connectivity index (χ1v) is 9.30. The molecule has 134 valence electrons. The van der Waals surface area contributed by atoms with Gasteiger partial charge in [0.05, 0.1) is 0 Å². The Morgan fingerprint density at radius 3 is 2.48 bits per heavy atom. The van der Waals surface area contributed by atoms with Crippen LogP contribution in [-0.4, -0.2) is 26.1 Å². The molecule has 0 spiro atoms. The van der Waals surface area contributed by atoms with Crippen molar-refractivity contribution in [2.24, 2.45) is 0 Å². The maximum Gasteiger partial charge on any atom is 0.254 e. The van der Waals surface area contributed by atoms with Crippen LogP contribution >= 0.6 is 0 Å². The summed E-state index contributed by atoms with van der Waals surface area (Å²) >= 11 is 0. The number of aryl methyl sites for hydroxylation is 2. The quantitative estimate of drug-likeness (QED) is 0.546. The number of hydrogen-bond acceptors (Lipinski definition) is 4. The molecule has 0 radical (unpaired) electrons. The van der Waals surface area contributed by atoms with Crippen LogP contribution in [0.1, 0.15) is 22.4 Å². The summed E-state index contributed by atoms with van der Waals surface area (Å²) in [5.41, 5.74) is 6.02. The summed E-state index contributed by atoms with van der Waals surface area (Å²) in [5.74, 6) is 2.42. The monoisotopic (exact) mass is 355 g/mol. The van der Waals surface area contributed by atoms with Gasteiger partial charge in [0.25, 0.3) is 5.78 Å². The molecule has 5 nitrogen and oxygen atoms in total. The average Bonchev–Trinajstić information content (AvgIpc) is 3.11. The predicted octanol–water partition coefficient (Wildman–Crippen LogP) is 3.97. The van der Waals surface area contributed by atoms with E-state index < -0.39 is 0 Å². The van der Waals surface area contributed by atoms with Crippen LogP contribution in [0.5, 0.6) is 0 Å². The Morgan fingerprint density at radius 1 is 0.889 bits per heavy atom. The Balaban J connectivity index is 1.59. The van der Waals surface area contributed by atoms with E-state index in [1.54, 1.807) is 0 Å². The van der Waals surface area contributed by atoms with Crippen molar-refractivity contribution in [2.75, 3.05) is 11.4 Å². The first-order valence-electron chi connectivity index (χ1n) is 9.30. The van der Waals surface area contributed by atoms with E-state index in [0.717, 1.165) is 36.6 Å². The van der Waals surface area contributed by atoms with Crippen LogP contribution in [0.4, 0.5) is 5.82 Å². The maximum atomic E-state index is 4.79. The third-order valence-electron chi connectivity index (χ3n) is 5.19. The Hall–Kier alpha value is -3.21. The molecule has 0 N–H and O–H groups in total. The molecule has 2 aromatic heterocycles. The molecule has 5 heteroatoms. The average molecular weight is 355 g/mol. The second-order valence-electron chi connectivity index (χ2n) is 7.21. The fraction of sp³-hybridized carbons (Fsp3) is 0.227. The van der Waals surface area contributed by atoms with Gasteiger partial charge in [-0.05, 0) is 31.4 Å². The van der Waals surface area contributed by atoms with Gasteiger partial charge in [-0.2, -0.15) is 9.50 Å². The minimum Gasteiger partial charge on any atom is -0.352 e. The number of hydrogen-bond donors (Lipinski definition) is 0. The molecule has 2 aromatic carbocycles. The lowest BCUT2D eigenvalue weighted by atomic mass is 10.00. The molecule has 5 rings (SSSR count). The van der Waals surface area contributed by atoms with Crippen LogP contribution in [0.25, 0.3) is 17.2 Å². The largest absolute Gasteiger partial charge is 0.352 e. The molecule has 4 aromatic rings. The number of anilines is 1. The number of benzene rings is 2. The summed E-state index contributed by atoms with van der Waals surface area (Å²) in [7, 11) is 0. The molecule has 27 heavy (non-hydrogen) atoms. The van der Waals surface area contributed by atoms with E-state index in [1.165, 1.54) is 16.7 Å². The van der Waals surface area contributed by atoms with E-state index in [1.807, 2.05) is 11.4 Å². The van der Waals surface area contributed by atoms with Crippen molar-refractivity contribution < 1.29 is 0 Å². The molecule has 0 saturated carbocycles. The standard InChI is InChI=1S/C22H21N5/c1-15-7-9-18(10-8-15)21-24-22-23-16(2)13-20(27(22)25-21)26-12-11-17-5-3-4-6-19(17)14-26/h3-10,13H,11-12,14H2,1-2H3. The van der Waals surface area contributed by atoms with Gasteiger partial charge in [-0.25, -0.2) is 4.98 Å². The van der Waals surface area contributed by atoms with Crippen LogP contribution in [0.15, 0.2) is 54.6 Å². The highest BCUT2D eigenvalue weighted by molar-refractivity contribution is 5.59. The highest BCUT2D eigenvalue weighted by Gasteiger charge is 2.20. The molecule has 0 saturated heterocycles. The van der Waals surface area contributed by atoms with Gasteiger partial charge in [-0.3, -0.25) is 0 Å². The van der Waals surface area contributed by atoms with Gasteiger partial charge < -0.3 is 4.90 Å². The summed E-state index contributed by atoms with van der Waals surface area (Å²) < 4.78 is 1.89. The van der Waals surface area contributed by atoms with Gasteiger partial charge >= 0.3 is 0 Å². The van der Waals surface area contributed by atoms with Gasteiger partial charge in [0, 0.05) is 30.4 Å². The fourth-order valence-electron chi connectivity index (χ4n) is 3.71. The van der Waals surface area contributed by atoms with E-state index in [2.05, 4.69) is 76.4 Å². The van der Waals surface area contributed by atoms with E-state index >= 15 is 0 Å². The summed E-state index contributed by atoms with van der Waals surface area (Å²) in [6, 6.07) is 19.1. The van der Waals surface area contributed by atoms with Crippen molar-refractivity contribution >= 4 is 11.6 Å². The molecule has 0 amide bonds. The van der Waals surface area contributed by atoms with E-state index in [4.69, 9.17) is 5.10 Å². The molecule has 0 unspecified atom stereocenters. The molecule has 1 aliphatic rings. The van der Waals surface area contributed by atoms with Crippen molar-refractivity contribution in [1.82, 2.24) is 19.6 Å². The van der Waals surface area contributed by atoms with Crippen molar-refractivity contribution in [2.45, 2.75) is 26.8 Å². The lowest BCUT2D eigenvalue weighted by Gasteiger charge is -2.30. The Kier molecular flexibility index (Phi) is 3.67. The van der Waals surface area contributed by atoms with Crippen LogP contribution in [0, 0.1) is 13.8 Å². The molecule has 0 atom stereocenters. The first kappa shape index (κ1) is 16.0. The molecule has 0 fully saturated rings. The third-order valence-corrected chi connectivity index (χ3v) is 5.19. The normalized spacial score (nSPS) is 13.8. The SMILES string of the molecule is Cc1ccc(-c2nc3nc(C)cc(N4CCc5ccccc5C4)n3n2)cc1. The second-order valence-corrected chi connectivity index (χ2v) is 7.21. The minimum atomic E-state index is 0.652. The Morgan fingerprint density at radius 2 is 1.67 bits per heavy atom. The first-order chi connectivity index (χ1) is 13.2. The zero-order valence-corrected chi connectivity index (χ0v) is 15.6. The lowest BCUT2D eigenvalue weighted by molar-refractivity contribution is 0.702.